The predicted molar refractivity (Wildman–Crippen MR) is 122 cm³/mol. The summed E-state index contributed by atoms with van der Waals surface area (Å²) in [6, 6.07) is 7.60. The van der Waals surface area contributed by atoms with E-state index in [4.69, 9.17) is 14.9 Å². The summed E-state index contributed by atoms with van der Waals surface area (Å²) in [6.07, 6.45) is 6.11. The van der Waals surface area contributed by atoms with Crippen LogP contribution in [0.1, 0.15) is 30.9 Å². The van der Waals surface area contributed by atoms with Gasteiger partial charge in [-0.1, -0.05) is 13.8 Å². The van der Waals surface area contributed by atoms with Crippen LogP contribution in [0.15, 0.2) is 42.9 Å². The van der Waals surface area contributed by atoms with Crippen molar-refractivity contribution in [3.05, 3.63) is 54.0 Å². The van der Waals surface area contributed by atoms with E-state index in [1.54, 1.807) is 32.8 Å². The molecule has 9 heteroatoms. The second kappa shape index (κ2) is 10.6. The Balaban J connectivity index is 1.82. The van der Waals surface area contributed by atoms with Gasteiger partial charge in [-0.2, -0.15) is 5.10 Å². The molecule has 31 heavy (non-hydrogen) atoms. The molecule has 0 spiro atoms. The molecule has 0 atom stereocenters. The molecule has 162 valence electrons. The number of rotatable bonds is 10. The number of nitrogens with one attached hydrogen (secondary N) is 3. The van der Waals surface area contributed by atoms with Crippen molar-refractivity contribution in [1.82, 2.24) is 25.5 Å². The molecule has 0 unspecified atom stereocenters. The zero-order valence-electron chi connectivity index (χ0n) is 18.1. The lowest BCUT2D eigenvalue weighted by atomic mass is 10.1. The smallest absolute Gasteiger partial charge is 0.173 e. The Kier molecular flexibility index (Phi) is 7.58. The highest BCUT2D eigenvalue weighted by Crippen LogP contribution is 2.21. The first-order valence-electron chi connectivity index (χ1n) is 9.90. The molecule has 0 bridgehead atoms. The number of allylic oxidation sites excluding steroid dienone is 1. The number of ether oxygens (including phenoxy) is 2. The van der Waals surface area contributed by atoms with E-state index in [2.05, 4.69) is 44.6 Å². The highest BCUT2D eigenvalue weighted by Gasteiger charge is 2.08. The fourth-order valence-electron chi connectivity index (χ4n) is 2.86. The van der Waals surface area contributed by atoms with Crippen LogP contribution in [0.25, 0.3) is 16.6 Å². The van der Waals surface area contributed by atoms with Gasteiger partial charge in [0.15, 0.2) is 12.1 Å². The van der Waals surface area contributed by atoms with Gasteiger partial charge in [0, 0.05) is 44.0 Å². The third-order valence-electron chi connectivity index (χ3n) is 4.69. The third-order valence-corrected chi connectivity index (χ3v) is 4.69. The van der Waals surface area contributed by atoms with Gasteiger partial charge in [-0.25, -0.2) is 4.98 Å². The van der Waals surface area contributed by atoms with Crippen LogP contribution in [0.4, 0.5) is 11.6 Å². The predicted octanol–water partition coefficient (Wildman–Crippen LogP) is 3.49. The molecule has 0 aliphatic rings. The SMILES string of the molecule is COC(CN/C=C(\C=N)c1cnc2ccc(Nc3cc(C(C)C)cnn3)nc2c1)OC. The minimum atomic E-state index is -0.370. The zero-order valence-corrected chi connectivity index (χ0v) is 18.1. The number of hydrogen-bond donors (Lipinski definition) is 3. The van der Waals surface area contributed by atoms with Crippen molar-refractivity contribution in [2.75, 3.05) is 26.1 Å². The zero-order chi connectivity index (χ0) is 22.2. The van der Waals surface area contributed by atoms with Crippen molar-refractivity contribution in [2.45, 2.75) is 26.1 Å². The number of nitrogens with zero attached hydrogens (tertiary/aromatic N) is 4. The molecular formula is C22H27N7O2. The Bertz CT molecular complexity index is 1060. The van der Waals surface area contributed by atoms with Gasteiger partial charge in [-0.05, 0) is 35.7 Å². The maximum absolute atomic E-state index is 7.75. The Morgan fingerprint density at radius 3 is 2.61 bits per heavy atom. The van der Waals surface area contributed by atoms with Crippen molar-refractivity contribution in [2.24, 2.45) is 0 Å². The Labute approximate surface area is 181 Å². The van der Waals surface area contributed by atoms with Crippen LogP contribution in [-0.2, 0) is 9.47 Å². The lowest BCUT2D eigenvalue weighted by Gasteiger charge is -2.13. The Morgan fingerprint density at radius 2 is 1.90 bits per heavy atom. The summed E-state index contributed by atoms with van der Waals surface area (Å²) in [5.74, 6) is 1.64. The van der Waals surface area contributed by atoms with Crippen LogP contribution < -0.4 is 10.6 Å². The van der Waals surface area contributed by atoms with Crippen molar-refractivity contribution in [3.63, 3.8) is 0 Å². The highest BCUT2D eigenvalue weighted by atomic mass is 16.7. The van der Waals surface area contributed by atoms with E-state index in [-0.39, 0.29) is 6.29 Å². The largest absolute Gasteiger partial charge is 0.385 e. The summed E-state index contributed by atoms with van der Waals surface area (Å²) in [4.78, 5) is 9.12. The van der Waals surface area contributed by atoms with Crippen molar-refractivity contribution in [3.8, 4) is 0 Å². The number of anilines is 2. The van der Waals surface area contributed by atoms with Crippen LogP contribution in [0.5, 0.6) is 0 Å². The van der Waals surface area contributed by atoms with Crippen molar-refractivity contribution in [1.29, 1.82) is 5.41 Å². The number of hydrogen-bond acceptors (Lipinski definition) is 9. The molecule has 3 N–H and O–H groups in total. The van der Waals surface area contributed by atoms with Crippen LogP contribution in [-0.4, -0.2) is 53.4 Å². The fourth-order valence-corrected chi connectivity index (χ4v) is 2.86. The summed E-state index contributed by atoms with van der Waals surface area (Å²) < 4.78 is 10.3. The molecule has 3 rings (SSSR count). The minimum absolute atomic E-state index is 0.357. The average molecular weight is 422 g/mol. The van der Waals surface area contributed by atoms with Crippen molar-refractivity contribution < 1.29 is 9.47 Å². The van der Waals surface area contributed by atoms with Crippen LogP contribution in [0.3, 0.4) is 0 Å². The summed E-state index contributed by atoms with van der Waals surface area (Å²) in [5.41, 5.74) is 3.99. The molecule has 3 heterocycles. The standard InChI is InChI=1S/C22H27N7O2/c1-14(2)15-8-21(29-26-12-15)28-20-6-5-18-19(27-20)7-16(11-25-18)17(9-23)10-24-13-22(30-3)31-4/h5-12,14,22-24H,13H2,1-4H3,(H,27,28,29)/b17-10+,23-9?. The molecule has 3 aromatic rings. The molecule has 0 aliphatic carbocycles. The van der Waals surface area contributed by atoms with E-state index in [1.165, 1.54) is 6.21 Å². The number of methoxy groups -OCH3 is 2. The Hall–Kier alpha value is -3.43. The lowest BCUT2D eigenvalue weighted by Crippen LogP contribution is -2.26. The van der Waals surface area contributed by atoms with E-state index in [9.17, 15) is 0 Å². The molecule has 9 nitrogen and oxygen atoms in total. The van der Waals surface area contributed by atoms with Gasteiger partial charge >= 0.3 is 0 Å². The van der Waals surface area contributed by atoms with E-state index in [0.717, 1.165) is 16.6 Å². The minimum Gasteiger partial charge on any atom is -0.385 e. The van der Waals surface area contributed by atoms with Crippen LogP contribution in [0.2, 0.25) is 0 Å². The first-order valence-corrected chi connectivity index (χ1v) is 9.90. The maximum Gasteiger partial charge on any atom is 0.173 e. The Morgan fingerprint density at radius 1 is 1.10 bits per heavy atom. The molecule has 0 saturated carbocycles. The van der Waals surface area contributed by atoms with E-state index >= 15 is 0 Å². The summed E-state index contributed by atoms with van der Waals surface area (Å²) >= 11 is 0. The average Bonchev–Trinajstić information content (AvgIpc) is 2.79. The second-order valence-electron chi connectivity index (χ2n) is 7.17. The summed E-state index contributed by atoms with van der Waals surface area (Å²) in [7, 11) is 3.15. The molecule has 0 amide bonds. The summed E-state index contributed by atoms with van der Waals surface area (Å²) in [5, 5.41) is 22.3. The topological polar surface area (TPSA) is 118 Å². The first-order chi connectivity index (χ1) is 15.0. The van der Waals surface area contributed by atoms with Gasteiger partial charge in [-0.3, -0.25) is 4.98 Å². The molecule has 0 saturated heterocycles. The van der Waals surface area contributed by atoms with E-state index in [0.29, 0.717) is 35.2 Å². The third kappa shape index (κ3) is 5.80. The normalized spacial score (nSPS) is 11.9. The lowest BCUT2D eigenvalue weighted by molar-refractivity contribution is -0.0971. The molecule has 0 aliphatic heterocycles. The molecule has 0 fully saturated rings. The van der Waals surface area contributed by atoms with Gasteiger partial charge in [0.25, 0.3) is 0 Å². The van der Waals surface area contributed by atoms with Gasteiger partial charge in [-0.15, -0.1) is 5.10 Å². The van der Waals surface area contributed by atoms with Crippen molar-refractivity contribution >= 4 is 34.5 Å². The fraction of sp³-hybridized carbons (Fsp3) is 0.318. The number of pyridine rings is 2. The quantitative estimate of drug-likeness (QED) is 0.336. The molecule has 0 radical (unpaired) electrons. The van der Waals surface area contributed by atoms with Crippen LogP contribution >= 0.6 is 0 Å². The maximum atomic E-state index is 7.75. The van der Waals surface area contributed by atoms with Gasteiger partial charge in [0.1, 0.15) is 5.82 Å². The monoisotopic (exact) mass is 421 g/mol. The molecule has 0 aromatic carbocycles. The van der Waals surface area contributed by atoms with Gasteiger partial charge in [0.05, 0.1) is 23.8 Å². The van der Waals surface area contributed by atoms with Crippen LogP contribution in [0, 0.1) is 5.41 Å². The number of aromatic nitrogens is 4. The molecular weight excluding hydrogens is 394 g/mol. The van der Waals surface area contributed by atoms with E-state index < -0.39 is 0 Å². The molecule has 3 aromatic heterocycles. The second-order valence-corrected chi connectivity index (χ2v) is 7.17. The van der Waals surface area contributed by atoms with Gasteiger partial charge in [0.2, 0.25) is 0 Å². The first kappa shape index (κ1) is 22.3. The highest BCUT2D eigenvalue weighted by molar-refractivity contribution is 6.08. The van der Waals surface area contributed by atoms with E-state index in [1.807, 2.05) is 24.3 Å². The summed E-state index contributed by atoms with van der Waals surface area (Å²) in [6.45, 7) is 4.67. The van der Waals surface area contributed by atoms with Gasteiger partial charge < -0.3 is 25.5 Å². The number of fused-ring (bicyclic) bond motifs is 1.